The molecule has 2 nitrogen and oxygen atoms in total. The summed E-state index contributed by atoms with van der Waals surface area (Å²) >= 11 is 0. The summed E-state index contributed by atoms with van der Waals surface area (Å²) in [5.74, 6) is 3.30. The normalized spacial score (nSPS) is 17.8. The molecule has 92 valence electrons. The minimum absolute atomic E-state index is 0.157. The predicted octanol–water partition coefficient (Wildman–Crippen LogP) is 2.87. The monoisotopic (exact) mass is 240 g/mol. The number of Topliss-reactive ketones (excluding diaryl/α,β-unsaturated/α-hetero) is 1. The molecule has 0 fully saturated rings. The standard InChI is InChI=1S/C16H16O2/c1-4-9-18-13-6-7-14-12(10-13)5-8-15(17)16(14)11(2)3/h1,6-7,10,16H,2,5,8-9H2,3H3. The molecule has 0 radical (unpaired) electrons. The third-order valence-electron chi connectivity index (χ3n) is 3.20. The smallest absolute Gasteiger partial charge is 0.148 e. The lowest BCUT2D eigenvalue weighted by Crippen LogP contribution is -2.21. The molecule has 0 aromatic heterocycles. The van der Waals surface area contributed by atoms with Crippen molar-refractivity contribution in [2.75, 3.05) is 6.61 Å². The van der Waals surface area contributed by atoms with Crippen molar-refractivity contribution < 1.29 is 9.53 Å². The number of ether oxygens (including phenoxy) is 1. The number of terminal acetylenes is 1. The molecular formula is C16H16O2. The van der Waals surface area contributed by atoms with Gasteiger partial charge in [-0.3, -0.25) is 4.79 Å². The van der Waals surface area contributed by atoms with Gasteiger partial charge in [-0.15, -0.1) is 6.42 Å². The summed E-state index contributed by atoms with van der Waals surface area (Å²) in [4.78, 5) is 11.9. The highest BCUT2D eigenvalue weighted by Gasteiger charge is 2.28. The van der Waals surface area contributed by atoms with Gasteiger partial charge in [-0.2, -0.15) is 0 Å². The fourth-order valence-electron chi connectivity index (χ4n) is 2.41. The van der Waals surface area contributed by atoms with E-state index < -0.39 is 0 Å². The van der Waals surface area contributed by atoms with Crippen LogP contribution in [0.2, 0.25) is 0 Å². The molecule has 0 saturated heterocycles. The fraction of sp³-hybridized carbons (Fsp3) is 0.312. The van der Waals surface area contributed by atoms with Crippen molar-refractivity contribution in [3.63, 3.8) is 0 Å². The first-order valence-electron chi connectivity index (χ1n) is 6.00. The second-order valence-corrected chi connectivity index (χ2v) is 4.60. The Bertz CT molecular complexity index is 535. The van der Waals surface area contributed by atoms with Crippen molar-refractivity contribution in [3.05, 3.63) is 41.5 Å². The van der Waals surface area contributed by atoms with E-state index in [4.69, 9.17) is 11.2 Å². The molecule has 1 aliphatic rings. The van der Waals surface area contributed by atoms with E-state index in [-0.39, 0.29) is 18.3 Å². The molecule has 0 heterocycles. The molecule has 1 aliphatic carbocycles. The molecule has 1 aromatic rings. The molecule has 2 heteroatoms. The van der Waals surface area contributed by atoms with Crippen molar-refractivity contribution in [3.8, 4) is 18.1 Å². The first kappa shape index (κ1) is 12.4. The van der Waals surface area contributed by atoms with Gasteiger partial charge >= 0.3 is 0 Å². The van der Waals surface area contributed by atoms with E-state index in [1.54, 1.807) is 0 Å². The molecular weight excluding hydrogens is 224 g/mol. The molecule has 0 amide bonds. The first-order valence-corrected chi connectivity index (χ1v) is 6.00. The van der Waals surface area contributed by atoms with Gasteiger partial charge in [0.15, 0.2) is 0 Å². The van der Waals surface area contributed by atoms with Crippen molar-refractivity contribution in [2.24, 2.45) is 0 Å². The maximum atomic E-state index is 11.9. The maximum Gasteiger partial charge on any atom is 0.148 e. The SMILES string of the molecule is C#CCOc1ccc2c(c1)CCC(=O)C2C(=C)C. The summed E-state index contributed by atoms with van der Waals surface area (Å²) in [5, 5.41) is 0. The predicted molar refractivity (Wildman–Crippen MR) is 71.7 cm³/mol. The number of allylic oxidation sites excluding steroid dienone is 1. The van der Waals surface area contributed by atoms with Crippen LogP contribution in [0.3, 0.4) is 0 Å². The summed E-state index contributed by atoms with van der Waals surface area (Å²) in [6.07, 6.45) is 6.50. The van der Waals surface area contributed by atoms with Gasteiger partial charge in [-0.1, -0.05) is 24.1 Å². The third kappa shape index (κ3) is 2.31. The molecule has 2 rings (SSSR count). The van der Waals surface area contributed by atoms with Gasteiger partial charge in [0, 0.05) is 6.42 Å². The van der Waals surface area contributed by atoms with E-state index in [2.05, 4.69) is 12.5 Å². The van der Waals surface area contributed by atoms with Crippen LogP contribution in [0.4, 0.5) is 0 Å². The highest BCUT2D eigenvalue weighted by Crippen LogP contribution is 2.35. The second-order valence-electron chi connectivity index (χ2n) is 4.60. The lowest BCUT2D eigenvalue weighted by Gasteiger charge is -2.25. The van der Waals surface area contributed by atoms with Crippen molar-refractivity contribution in [1.29, 1.82) is 0 Å². The van der Waals surface area contributed by atoms with E-state index in [1.165, 1.54) is 0 Å². The Morgan fingerprint density at radius 1 is 1.56 bits per heavy atom. The van der Waals surface area contributed by atoms with Crippen molar-refractivity contribution in [1.82, 2.24) is 0 Å². The van der Waals surface area contributed by atoms with Crippen LogP contribution < -0.4 is 4.74 Å². The molecule has 0 aliphatic heterocycles. The maximum absolute atomic E-state index is 11.9. The van der Waals surface area contributed by atoms with Gasteiger partial charge < -0.3 is 4.74 Å². The molecule has 18 heavy (non-hydrogen) atoms. The number of hydrogen-bond acceptors (Lipinski definition) is 2. The first-order chi connectivity index (χ1) is 8.63. The van der Waals surface area contributed by atoms with Crippen LogP contribution in [0, 0.1) is 12.3 Å². The lowest BCUT2D eigenvalue weighted by molar-refractivity contribution is -0.120. The largest absolute Gasteiger partial charge is 0.481 e. The van der Waals surface area contributed by atoms with Gasteiger partial charge in [0.25, 0.3) is 0 Å². The number of hydrogen-bond donors (Lipinski definition) is 0. The van der Waals surface area contributed by atoms with E-state index in [0.29, 0.717) is 6.42 Å². The zero-order chi connectivity index (χ0) is 13.1. The number of rotatable bonds is 3. The summed E-state index contributed by atoms with van der Waals surface area (Å²) in [6.45, 7) is 6.09. The van der Waals surface area contributed by atoms with Gasteiger partial charge in [-0.05, 0) is 36.6 Å². The van der Waals surface area contributed by atoms with Crippen LogP contribution in [0.5, 0.6) is 5.75 Å². The van der Waals surface area contributed by atoms with Crippen LogP contribution in [0.15, 0.2) is 30.4 Å². The van der Waals surface area contributed by atoms with E-state index in [1.807, 2.05) is 25.1 Å². The van der Waals surface area contributed by atoms with E-state index in [9.17, 15) is 4.79 Å². The Balaban J connectivity index is 2.34. The van der Waals surface area contributed by atoms with Crippen molar-refractivity contribution >= 4 is 5.78 Å². The summed E-state index contributed by atoms with van der Waals surface area (Å²) < 4.78 is 5.40. The molecule has 0 N–H and O–H groups in total. The van der Waals surface area contributed by atoms with E-state index >= 15 is 0 Å². The average molecular weight is 240 g/mol. The zero-order valence-corrected chi connectivity index (χ0v) is 10.5. The minimum atomic E-state index is -0.157. The number of carbonyl (C=O) groups is 1. The third-order valence-corrected chi connectivity index (χ3v) is 3.20. The van der Waals surface area contributed by atoms with Crippen LogP contribution >= 0.6 is 0 Å². The van der Waals surface area contributed by atoms with Crippen LogP contribution in [-0.2, 0) is 11.2 Å². The summed E-state index contributed by atoms with van der Waals surface area (Å²) in [7, 11) is 0. The van der Waals surface area contributed by atoms with Crippen LogP contribution in [-0.4, -0.2) is 12.4 Å². The summed E-state index contributed by atoms with van der Waals surface area (Å²) in [6, 6.07) is 5.80. The average Bonchev–Trinajstić information content (AvgIpc) is 2.35. The van der Waals surface area contributed by atoms with Crippen LogP contribution in [0.1, 0.15) is 30.4 Å². The minimum Gasteiger partial charge on any atom is -0.481 e. The van der Waals surface area contributed by atoms with Gasteiger partial charge in [0.05, 0.1) is 5.92 Å². The lowest BCUT2D eigenvalue weighted by atomic mass is 9.78. The quantitative estimate of drug-likeness (QED) is 0.600. The molecule has 0 spiro atoms. The Hall–Kier alpha value is -2.01. The molecule has 1 atom stereocenters. The second kappa shape index (κ2) is 5.10. The Morgan fingerprint density at radius 3 is 3.00 bits per heavy atom. The van der Waals surface area contributed by atoms with Gasteiger partial charge in [0.2, 0.25) is 0 Å². The van der Waals surface area contributed by atoms with Gasteiger partial charge in [-0.25, -0.2) is 0 Å². The Kier molecular flexibility index (Phi) is 3.53. The molecule has 1 aromatic carbocycles. The molecule has 0 bridgehead atoms. The zero-order valence-electron chi connectivity index (χ0n) is 10.5. The number of aryl methyl sites for hydroxylation is 1. The number of benzene rings is 1. The number of fused-ring (bicyclic) bond motifs is 1. The Labute approximate surface area is 108 Å². The van der Waals surface area contributed by atoms with Crippen LogP contribution in [0.25, 0.3) is 0 Å². The van der Waals surface area contributed by atoms with Gasteiger partial charge in [0.1, 0.15) is 18.1 Å². The Morgan fingerprint density at radius 2 is 2.33 bits per heavy atom. The molecule has 1 unspecified atom stereocenters. The fourth-order valence-corrected chi connectivity index (χ4v) is 2.41. The number of ketones is 1. The molecule has 0 saturated carbocycles. The van der Waals surface area contributed by atoms with Crippen molar-refractivity contribution in [2.45, 2.75) is 25.7 Å². The highest BCUT2D eigenvalue weighted by molar-refractivity contribution is 5.90. The van der Waals surface area contributed by atoms with E-state index in [0.717, 1.165) is 28.9 Å². The highest BCUT2D eigenvalue weighted by atomic mass is 16.5. The topological polar surface area (TPSA) is 26.3 Å². The summed E-state index contributed by atoms with van der Waals surface area (Å²) in [5.41, 5.74) is 3.13. The number of carbonyl (C=O) groups excluding carboxylic acids is 1.